The van der Waals surface area contributed by atoms with E-state index in [1.807, 2.05) is 74.5 Å². The van der Waals surface area contributed by atoms with E-state index in [9.17, 15) is 9.59 Å². The SMILES string of the molecule is CC(C)OC(=O)CSCC(=O)N(Cc1ccccc1)c1ccccc1. The van der Waals surface area contributed by atoms with Crippen LogP contribution in [0.5, 0.6) is 0 Å². The number of rotatable bonds is 8. The van der Waals surface area contributed by atoms with Crippen molar-refractivity contribution in [3.8, 4) is 0 Å². The summed E-state index contributed by atoms with van der Waals surface area (Å²) in [4.78, 5) is 26.0. The molecule has 5 heteroatoms. The third-order valence-corrected chi connectivity index (χ3v) is 4.26. The number of benzene rings is 2. The Morgan fingerprint density at radius 2 is 1.56 bits per heavy atom. The third-order valence-electron chi connectivity index (χ3n) is 3.37. The summed E-state index contributed by atoms with van der Waals surface area (Å²) in [6, 6.07) is 19.4. The minimum absolute atomic E-state index is 0.0302. The first-order valence-corrected chi connectivity index (χ1v) is 9.38. The fourth-order valence-electron chi connectivity index (χ4n) is 2.29. The van der Waals surface area contributed by atoms with E-state index in [0.29, 0.717) is 6.54 Å². The summed E-state index contributed by atoms with van der Waals surface area (Å²) in [5.41, 5.74) is 1.91. The van der Waals surface area contributed by atoms with Gasteiger partial charge in [0, 0.05) is 5.69 Å². The van der Waals surface area contributed by atoms with E-state index >= 15 is 0 Å². The molecule has 0 N–H and O–H groups in total. The van der Waals surface area contributed by atoms with Gasteiger partial charge in [-0.2, -0.15) is 0 Å². The van der Waals surface area contributed by atoms with E-state index < -0.39 is 0 Å². The molecule has 0 unspecified atom stereocenters. The number of amides is 1. The van der Waals surface area contributed by atoms with Gasteiger partial charge >= 0.3 is 5.97 Å². The van der Waals surface area contributed by atoms with Crippen molar-refractivity contribution in [2.24, 2.45) is 0 Å². The fourth-order valence-corrected chi connectivity index (χ4v) is 2.96. The predicted molar refractivity (Wildman–Crippen MR) is 103 cm³/mol. The molecule has 0 saturated heterocycles. The van der Waals surface area contributed by atoms with Crippen molar-refractivity contribution in [1.82, 2.24) is 0 Å². The van der Waals surface area contributed by atoms with Crippen LogP contribution in [-0.2, 0) is 20.9 Å². The molecule has 132 valence electrons. The Morgan fingerprint density at radius 3 is 2.16 bits per heavy atom. The summed E-state index contributed by atoms with van der Waals surface area (Å²) in [5, 5.41) is 0. The standard InChI is InChI=1S/C20H23NO3S/c1-16(2)24-20(23)15-25-14-19(22)21(18-11-7-4-8-12-18)13-17-9-5-3-6-10-17/h3-12,16H,13-15H2,1-2H3. The van der Waals surface area contributed by atoms with Crippen LogP contribution in [-0.4, -0.2) is 29.5 Å². The molecule has 0 saturated carbocycles. The highest BCUT2D eigenvalue weighted by atomic mass is 32.2. The van der Waals surface area contributed by atoms with Crippen molar-refractivity contribution < 1.29 is 14.3 Å². The summed E-state index contributed by atoms with van der Waals surface area (Å²) in [6.45, 7) is 4.12. The molecule has 2 aromatic carbocycles. The monoisotopic (exact) mass is 357 g/mol. The van der Waals surface area contributed by atoms with Crippen molar-refractivity contribution in [3.05, 3.63) is 66.2 Å². The number of hydrogen-bond acceptors (Lipinski definition) is 4. The normalized spacial score (nSPS) is 10.5. The zero-order chi connectivity index (χ0) is 18.1. The largest absolute Gasteiger partial charge is 0.462 e. The first-order valence-electron chi connectivity index (χ1n) is 8.23. The van der Waals surface area contributed by atoms with Crippen LogP contribution in [0.1, 0.15) is 19.4 Å². The number of carbonyl (C=O) groups excluding carboxylic acids is 2. The van der Waals surface area contributed by atoms with Gasteiger partial charge in [0.15, 0.2) is 0 Å². The van der Waals surface area contributed by atoms with Gasteiger partial charge in [-0.3, -0.25) is 9.59 Å². The second kappa shape index (κ2) is 9.89. The van der Waals surface area contributed by atoms with Crippen LogP contribution in [0, 0.1) is 0 Å². The van der Waals surface area contributed by atoms with E-state index in [0.717, 1.165) is 11.3 Å². The molecule has 0 atom stereocenters. The van der Waals surface area contributed by atoms with Crippen LogP contribution in [0.2, 0.25) is 0 Å². The lowest BCUT2D eigenvalue weighted by molar-refractivity contribution is -0.144. The number of hydrogen-bond donors (Lipinski definition) is 0. The molecule has 1 amide bonds. The van der Waals surface area contributed by atoms with Crippen molar-refractivity contribution in [1.29, 1.82) is 0 Å². The molecular weight excluding hydrogens is 334 g/mol. The van der Waals surface area contributed by atoms with Crippen molar-refractivity contribution >= 4 is 29.3 Å². The lowest BCUT2D eigenvalue weighted by Crippen LogP contribution is -2.32. The molecule has 0 aromatic heterocycles. The second-order valence-electron chi connectivity index (χ2n) is 5.83. The number of ether oxygens (including phenoxy) is 1. The van der Waals surface area contributed by atoms with Gasteiger partial charge in [-0.25, -0.2) is 0 Å². The van der Waals surface area contributed by atoms with E-state index in [1.165, 1.54) is 11.8 Å². The van der Waals surface area contributed by atoms with E-state index in [2.05, 4.69) is 0 Å². The lowest BCUT2D eigenvalue weighted by atomic mass is 10.2. The quantitative estimate of drug-likeness (QED) is 0.672. The molecule has 0 aliphatic carbocycles. The molecule has 2 aromatic rings. The Hall–Kier alpha value is -2.27. The van der Waals surface area contributed by atoms with Crippen LogP contribution < -0.4 is 4.90 Å². The molecule has 0 radical (unpaired) electrons. The Morgan fingerprint density at radius 1 is 0.960 bits per heavy atom. The van der Waals surface area contributed by atoms with E-state index in [-0.39, 0.29) is 29.5 Å². The molecule has 0 bridgehead atoms. The van der Waals surface area contributed by atoms with Crippen molar-refractivity contribution in [3.63, 3.8) is 0 Å². The molecule has 0 heterocycles. The Bertz CT molecular complexity index is 674. The number of carbonyl (C=O) groups is 2. The van der Waals surface area contributed by atoms with Gasteiger partial charge in [0.25, 0.3) is 0 Å². The first kappa shape index (κ1) is 19.1. The topological polar surface area (TPSA) is 46.6 Å². The highest BCUT2D eigenvalue weighted by Crippen LogP contribution is 2.18. The van der Waals surface area contributed by atoms with Gasteiger partial charge in [0.2, 0.25) is 5.91 Å². The molecular formula is C20H23NO3S. The highest BCUT2D eigenvalue weighted by molar-refractivity contribution is 8.00. The summed E-state index contributed by atoms with van der Waals surface area (Å²) in [5.74, 6) is 0.0896. The molecule has 25 heavy (non-hydrogen) atoms. The second-order valence-corrected chi connectivity index (χ2v) is 6.82. The van der Waals surface area contributed by atoms with Crippen LogP contribution in [0.15, 0.2) is 60.7 Å². The maximum atomic E-state index is 12.7. The zero-order valence-corrected chi connectivity index (χ0v) is 15.4. The van der Waals surface area contributed by atoms with Crippen LogP contribution in [0.25, 0.3) is 0 Å². The number of nitrogens with zero attached hydrogens (tertiary/aromatic N) is 1. The van der Waals surface area contributed by atoms with Crippen molar-refractivity contribution in [2.45, 2.75) is 26.5 Å². The Labute approximate surface area is 153 Å². The highest BCUT2D eigenvalue weighted by Gasteiger charge is 2.17. The van der Waals surface area contributed by atoms with E-state index in [4.69, 9.17) is 4.74 Å². The lowest BCUT2D eigenvalue weighted by Gasteiger charge is -2.23. The summed E-state index contributed by atoms with van der Waals surface area (Å²) >= 11 is 1.28. The molecule has 2 rings (SSSR count). The summed E-state index contributed by atoms with van der Waals surface area (Å²) < 4.78 is 5.09. The Balaban J connectivity index is 2.00. The van der Waals surface area contributed by atoms with Crippen LogP contribution in [0.4, 0.5) is 5.69 Å². The van der Waals surface area contributed by atoms with E-state index in [1.54, 1.807) is 4.90 Å². The first-order chi connectivity index (χ1) is 12.1. The van der Waals surface area contributed by atoms with Gasteiger partial charge in [0.1, 0.15) is 0 Å². The Kier molecular flexibility index (Phi) is 7.54. The maximum Gasteiger partial charge on any atom is 0.316 e. The average Bonchev–Trinajstić information content (AvgIpc) is 2.60. The molecule has 0 spiro atoms. The summed E-state index contributed by atoms with van der Waals surface area (Å²) in [6.07, 6.45) is -0.136. The molecule has 0 fully saturated rings. The zero-order valence-electron chi connectivity index (χ0n) is 14.6. The average molecular weight is 357 g/mol. The molecule has 4 nitrogen and oxygen atoms in total. The van der Waals surface area contributed by atoms with Crippen LogP contribution in [0.3, 0.4) is 0 Å². The van der Waals surface area contributed by atoms with Crippen molar-refractivity contribution in [2.75, 3.05) is 16.4 Å². The van der Waals surface area contributed by atoms with Gasteiger partial charge in [-0.15, -0.1) is 11.8 Å². The summed E-state index contributed by atoms with van der Waals surface area (Å²) in [7, 11) is 0. The number of para-hydroxylation sites is 1. The van der Waals surface area contributed by atoms with Gasteiger partial charge in [0.05, 0.1) is 24.2 Å². The maximum absolute atomic E-state index is 12.7. The number of esters is 1. The van der Waals surface area contributed by atoms with Crippen LogP contribution >= 0.6 is 11.8 Å². The predicted octanol–water partition coefficient (Wildman–Crippen LogP) is 3.90. The third kappa shape index (κ3) is 6.63. The smallest absolute Gasteiger partial charge is 0.316 e. The van der Waals surface area contributed by atoms with Gasteiger partial charge < -0.3 is 9.64 Å². The number of anilines is 1. The minimum Gasteiger partial charge on any atom is -0.462 e. The minimum atomic E-state index is -0.290. The fraction of sp³-hybridized carbons (Fsp3) is 0.300. The van der Waals surface area contributed by atoms with Gasteiger partial charge in [-0.1, -0.05) is 48.5 Å². The number of thioether (sulfide) groups is 1. The van der Waals surface area contributed by atoms with Gasteiger partial charge in [-0.05, 0) is 31.5 Å². The molecule has 0 aliphatic rings. The molecule has 0 aliphatic heterocycles.